The van der Waals surface area contributed by atoms with Gasteiger partial charge in [-0.25, -0.2) is 8.42 Å². The summed E-state index contributed by atoms with van der Waals surface area (Å²) in [6, 6.07) is 0.952. The predicted octanol–water partition coefficient (Wildman–Crippen LogP) is 1.51. The molecule has 0 N–H and O–H groups in total. The van der Waals surface area contributed by atoms with Crippen molar-refractivity contribution in [2.75, 3.05) is 11.5 Å². The number of halogens is 3. The quantitative estimate of drug-likeness (QED) is 0.734. The van der Waals surface area contributed by atoms with Crippen LogP contribution in [0.4, 0.5) is 13.2 Å². The van der Waals surface area contributed by atoms with Crippen LogP contribution in [-0.4, -0.2) is 26.1 Å². The van der Waals surface area contributed by atoms with Crippen LogP contribution >= 0.6 is 0 Å². The van der Waals surface area contributed by atoms with Crippen LogP contribution in [0, 0.1) is 17.2 Å². The third-order valence-corrected chi connectivity index (χ3v) is 3.36. The largest absolute Gasteiger partial charge is 0.405 e. The zero-order valence-electron chi connectivity index (χ0n) is 7.50. The Balaban J connectivity index is 4.59. The van der Waals surface area contributed by atoms with Crippen LogP contribution in [0.2, 0.25) is 0 Å². The Morgan fingerprint density at radius 1 is 1.43 bits per heavy atom. The first-order valence-electron chi connectivity index (χ1n) is 3.89. The lowest BCUT2D eigenvalue weighted by molar-refractivity contribution is -0.153. The summed E-state index contributed by atoms with van der Waals surface area (Å²) in [4.78, 5) is 0. The molecule has 14 heavy (non-hydrogen) atoms. The van der Waals surface area contributed by atoms with Gasteiger partial charge in [0.25, 0.3) is 0 Å². The van der Waals surface area contributed by atoms with Crippen molar-refractivity contribution in [1.82, 2.24) is 0 Å². The number of alkyl halides is 3. The fourth-order valence-electron chi connectivity index (χ4n) is 0.853. The average Bonchev–Trinajstić information content (AvgIpc) is 1.98. The summed E-state index contributed by atoms with van der Waals surface area (Å²) in [7, 11) is -3.77. The molecule has 0 aromatic rings. The molecule has 0 aromatic heterocycles. The van der Waals surface area contributed by atoms with Gasteiger partial charge in [0.2, 0.25) is 0 Å². The Labute approximate surface area is 80.4 Å². The molecule has 0 saturated heterocycles. The van der Waals surface area contributed by atoms with Crippen molar-refractivity contribution in [3.05, 3.63) is 0 Å². The zero-order chi connectivity index (χ0) is 11.4. The second kappa shape index (κ2) is 4.64. The van der Waals surface area contributed by atoms with Crippen molar-refractivity contribution in [1.29, 1.82) is 5.26 Å². The van der Waals surface area contributed by atoms with Crippen LogP contribution in [0.15, 0.2) is 0 Å². The van der Waals surface area contributed by atoms with E-state index in [2.05, 4.69) is 0 Å². The Morgan fingerprint density at radius 3 is 2.21 bits per heavy atom. The fraction of sp³-hybridized carbons (Fsp3) is 0.857. The standard InChI is InChI=1S/C7H10F3NO2S/c1-2-3-14(12,13)5-6(4-11)7(8,9)10/h6H,2-3,5H2,1H3. The molecule has 0 amide bonds. The monoisotopic (exact) mass is 229 g/mol. The van der Waals surface area contributed by atoms with Gasteiger partial charge in [-0.05, 0) is 6.42 Å². The molecule has 0 radical (unpaired) electrons. The highest BCUT2D eigenvalue weighted by atomic mass is 32.2. The summed E-state index contributed by atoms with van der Waals surface area (Å²) in [5.41, 5.74) is 0. The molecule has 0 aliphatic heterocycles. The summed E-state index contributed by atoms with van der Waals surface area (Å²) in [5.74, 6) is -3.87. The van der Waals surface area contributed by atoms with Gasteiger partial charge in [-0.3, -0.25) is 0 Å². The maximum Gasteiger partial charge on any atom is 0.405 e. The van der Waals surface area contributed by atoms with Crippen molar-refractivity contribution >= 4 is 9.84 Å². The molecule has 0 aliphatic carbocycles. The maximum absolute atomic E-state index is 12.0. The molecule has 3 nitrogen and oxygen atoms in total. The summed E-state index contributed by atoms with van der Waals surface area (Å²) < 4.78 is 58.0. The molecular formula is C7H10F3NO2S. The number of rotatable bonds is 4. The van der Waals surface area contributed by atoms with Crippen LogP contribution in [-0.2, 0) is 9.84 Å². The molecule has 0 fully saturated rings. The Kier molecular flexibility index (Phi) is 4.39. The lowest BCUT2D eigenvalue weighted by Crippen LogP contribution is -2.29. The normalized spacial score (nSPS) is 14.8. The summed E-state index contributed by atoms with van der Waals surface area (Å²) in [6.07, 6.45) is -4.52. The van der Waals surface area contributed by atoms with Gasteiger partial charge >= 0.3 is 6.18 Å². The minimum absolute atomic E-state index is 0.248. The first kappa shape index (κ1) is 13.2. The van der Waals surface area contributed by atoms with Gasteiger partial charge in [-0.2, -0.15) is 18.4 Å². The highest BCUT2D eigenvalue weighted by Gasteiger charge is 2.42. The van der Waals surface area contributed by atoms with E-state index in [1.54, 1.807) is 6.92 Å². The molecule has 0 aromatic carbocycles. The van der Waals surface area contributed by atoms with Gasteiger partial charge in [-0.15, -0.1) is 0 Å². The van der Waals surface area contributed by atoms with E-state index in [-0.39, 0.29) is 12.2 Å². The summed E-state index contributed by atoms with van der Waals surface area (Å²) in [6.45, 7) is 1.55. The number of nitrogens with zero attached hydrogens (tertiary/aromatic N) is 1. The van der Waals surface area contributed by atoms with E-state index in [9.17, 15) is 21.6 Å². The SMILES string of the molecule is CCCS(=O)(=O)CC(C#N)C(F)(F)F. The van der Waals surface area contributed by atoms with Crippen molar-refractivity contribution in [3.8, 4) is 6.07 Å². The molecular weight excluding hydrogens is 219 g/mol. The number of hydrogen-bond donors (Lipinski definition) is 0. The maximum atomic E-state index is 12.0. The van der Waals surface area contributed by atoms with E-state index >= 15 is 0 Å². The van der Waals surface area contributed by atoms with Crippen LogP contribution < -0.4 is 0 Å². The van der Waals surface area contributed by atoms with Crippen LogP contribution in [0.1, 0.15) is 13.3 Å². The van der Waals surface area contributed by atoms with Gasteiger partial charge in [0.05, 0.1) is 11.8 Å². The van der Waals surface area contributed by atoms with Crippen LogP contribution in [0.25, 0.3) is 0 Å². The Bertz CT molecular complexity index is 315. The van der Waals surface area contributed by atoms with Crippen LogP contribution in [0.5, 0.6) is 0 Å². The molecule has 1 atom stereocenters. The second-order valence-electron chi connectivity index (χ2n) is 2.84. The van der Waals surface area contributed by atoms with E-state index in [0.29, 0.717) is 0 Å². The highest BCUT2D eigenvalue weighted by molar-refractivity contribution is 7.91. The van der Waals surface area contributed by atoms with E-state index in [1.807, 2.05) is 0 Å². The van der Waals surface area contributed by atoms with Gasteiger partial charge < -0.3 is 0 Å². The Hall–Kier alpha value is -0.770. The van der Waals surface area contributed by atoms with E-state index in [0.717, 1.165) is 6.07 Å². The molecule has 0 aliphatic rings. The topological polar surface area (TPSA) is 57.9 Å². The van der Waals surface area contributed by atoms with E-state index in [1.165, 1.54) is 0 Å². The zero-order valence-corrected chi connectivity index (χ0v) is 8.32. The molecule has 82 valence electrons. The summed E-state index contributed by atoms with van der Waals surface area (Å²) in [5, 5.41) is 8.16. The second-order valence-corrected chi connectivity index (χ2v) is 5.07. The minimum Gasteiger partial charge on any atom is -0.229 e. The van der Waals surface area contributed by atoms with Crippen molar-refractivity contribution in [3.63, 3.8) is 0 Å². The van der Waals surface area contributed by atoms with Crippen molar-refractivity contribution < 1.29 is 21.6 Å². The Morgan fingerprint density at radius 2 is 1.93 bits per heavy atom. The van der Waals surface area contributed by atoms with Gasteiger partial charge in [-0.1, -0.05) is 6.92 Å². The summed E-state index contributed by atoms with van der Waals surface area (Å²) >= 11 is 0. The van der Waals surface area contributed by atoms with E-state index < -0.39 is 27.7 Å². The predicted molar refractivity (Wildman–Crippen MR) is 44.1 cm³/mol. The van der Waals surface area contributed by atoms with Crippen molar-refractivity contribution in [2.45, 2.75) is 19.5 Å². The van der Waals surface area contributed by atoms with Gasteiger partial charge in [0.1, 0.15) is 0 Å². The lowest BCUT2D eigenvalue weighted by Gasteiger charge is -2.12. The smallest absolute Gasteiger partial charge is 0.229 e. The van der Waals surface area contributed by atoms with Gasteiger partial charge in [0.15, 0.2) is 15.8 Å². The lowest BCUT2D eigenvalue weighted by atomic mass is 10.2. The minimum atomic E-state index is -4.77. The molecule has 0 bridgehead atoms. The third-order valence-electron chi connectivity index (χ3n) is 1.49. The fourth-order valence-corrected chi connectivity index (χ4v) is 2.41. The first-order valence-corrected chi connectivity index (χ1v) is 5.72. The molecule has 0 rings (SSSR count). The first-order chi connectivity index (χ1) is 6.23. The third kappa shape index (κ3) is 4.46. The molecule has 7 heteroatoms. The number of hydrogen-bond acceptors (Lipinski definition) is 3. The molecule has 0 heterocycles. The highest BCUT2D eigenvalue weighted by Crippen LogP contribution is 2.26. The van der Waals surface area contributed by atoms with Crippen molar-refractivity contribution in [2.24, 2.45) is 5.92 Å². The number of nitriles is 1. The van der Waals surface area contributed by atoms with E-state index in [4.69, 9.17) is 5.26 Å². The average molecular weight is 229 g/mol. The molecule has 0 spiro atoms. The molecule has 1 unspecified atom stereocenters. The van der Waals surface area contributed by atoms with Gasteiger partial charge in [0, 0.05) is 5.75 Å². The molecule has 0 saturated carbocycles. The van der Waals surface area contributed by atoms with Crippen LogP contribution in [0.3, 0.4) is 0 Å². The number of sulfone groups is 1.